The maximum Gasteiger partial charge on any atom is 0.314 e. The van der Waals surface area contributed by atoms with Gasteiger partial charge in [0.15, 0.2) is 0 Å². The van der Waals surface area contributed by atoms with Crippen LogP contribution in [0.25, 0.3) is 0 Å². The molecule has 56 valence electrons. The van der Waals surface area contributed by atoms with Crippen molar-refractivity contribution in [3.63, 3.8) is 0 Å². The average molecular weight is 142 g/mol. The molecular formula is C7H10O3. The van der Waals surface area contributed by atoms with Crippen LogP contribution >= 0.6 is 0 Å². The van der Waals surface area contributed by atoms with Gasteiger partial charge in [0.1, 0.15) is 0 Å². The zero-order valence-electron chi connectivity index (χ0n) is 5.87. The Balaban J connectivity index is 2.46. The first-order valence-corrected chi connectivity index (χ1v) is 3.17. The van der Waals surface area contributed by atoms with E-state index in [1.807, 2.05) is 12.2 Å². The van der Waals surface area contributed by atoms with Crippen LogP contribution in [0.1, 0.15) is 0 Å². The number of hydrogen-bond donors (Lipinski definition) is 0. The lowest BCUT2D eigenvalue weighted by atomic mass is 10.1. The van der Waals surface area contributed by atoms with E-state index in [9.17, 15) is 4.79 Å². The van der Waals surface area contributed by atoms with Gasteiger partial charge in [-0.05, 0) is 0 Å². The van der Waals surface area contributed by atoms with Crippen LogP contribution in [0.4, 0.5) is 0 Å². The van der Waals surface area contributed by atoms with Gasteiger partial charge in [0, 0.05) is 0 Å². The van der Waals surface area contributed by atoms with Crippen molar-refractivity contribution in [2.45, 2.75) is 0 Å². The predicted molar refractivity (Wildman–Crippen MR) is 35.5 cm³/mol. The maximum absolute atomic E-state index is 10.8. The van der Waals surface area contributed by atoms with Gasteiger partial charge in [0.25, 0.3) is 0 Å². The standard InChI is InChI=1S/C7H10O3/c1-9-7(8)6-3-2-4-10-5-6/h2-3,6H,4-5H2,1H3. The molecule has 1 unspecified atom stereocenters. The van der Waals surface area contributed by atoms with Gasteiger partial charge in [-0.1, -0.05) is 12.2 Å². The number of rotatable bonds is 1. The first-order chi connectivity index (χ1) is 4.84. The van der Waals surface area contributed by atoms with Crippen molar-refractivity contribution >= 4 is 5.97 Å². The summed E-state index contributed by atoms with van der Waals surface area (Å²) < 4.78 is 9.54. The predicted octanol–water partition coefficient (Wildman–Crippen LogP) is 0.362. The fourth-order valence-corrected chi connectivity index (χ4v) is 0.836. The summed E-state index contributed by atoms with van der Waals surface area (Å²) in [4.78, 5) is 10.8. The van der Waals surface area contributed by atoms with Gasteiger partial charge in [0.2, 0.25) is 0 Å². The number of esters is 1. The number of hydrogen-bond acceptors (Lipinski definition) is 3. The summed E-state index contributed by atoms with van der Waals surface area (Å²) in [5, 5.41) is 0. The van der Waals surface area contributed by atoms with Gasteiger partial charge in [-0.2, -0.15) is 0 Å². The van der Waals surface area contributed by atoms with E-state index in [2.05, 4.69) is 4.74 Å². The first kappa shape index (κ1) is 7.28. The molecule has 1 heterocycles. The van der Waals surface area contributed by atoms with E-state index in [1.165, 1.54) is 7.11 Å². The Kier molecular flexibility index (Phi) is 2.45. The third kappa shape index (κ3) is 1.57. The van der Waals surface area contributed by atoms with Crippen LogP contribution in [-0.4, -0.2) is 26.3 Å². The van der Waals surface area contributed by atoms with Gasteiger partial charge in [0.05, 0.1) is 26.2 Å². The van der Waals surface area contributed by atoms with E-state index < -0.39 is 0 Å². The molecular weight excluding hydrogens is 132 g/mol. The Morgan fingerprint density at radius 3 is 3.10 bits per heavy atom. The van der Waals surface area contributed by atoms with E-state index in [0.29, 0.717) is 13.2 Å². The zero-order chi connectivity index (χ0) is 7.40. The zero-order valence-corrected chi connectivity index (χ0v) is 5.87. The summed E-state index contributed by atoms with van der Waals surface area (Å²) in [7, 11) is 1.38. The van der Waals surface area contributed by atoms with Crippen molar-refractivity contribution < 1.29 is 14.3 Å². The lowest BCUT2D eigenvalue weighted by Gasteiger charge is -2.13. The van der Waals surface area contributed by atoms with E-state index in [4.69, 9.17) is 4.74 Å². The Bertz CT molecular complexity index is 151. The van der Waals surface area contributed by atoms with Crippen molar-refractivity contribution in [1.29, 1.82) is 0 Å². The van der Waals surface area contributed by atoms with Gasteiger partial charge in [-0.3, -0.25) is 4.79 Å². The van der Waals surface area contributed by atoms with Crippen LogP contribution in [0, 0.1) is 5.92 Å². The number of carbonyl (C=O) groups excluding carboxylic acids is 1. The highest BCUT2D eigenvalue weighted by Gasteiger charge is 2.17. The molecule has 0 saturated carbocycles. The number of ether oxygens (including phenoxy) is 2. The molecule has 0 N–H and O–H groups in total. The third-order valence-electron chi connectivity index (χ3n) is 1.38. The second kappa shape index (κ2) is 3.37. The summed E-state index contributed by atoms with van der Waals surface area (Å²) in [6.07, 6.45) is 3.64. The molecule has 10 heavy (non-hydrogen) atoms. The Labute approximate surface area is 59.6 Å². The highest BCUT2D eigenvalue weighted by atomic mass is 16.5. The molecule has 1 rings (SSSR count). The Morgan fingerprint density at radius 2 is 2.60 bits per heavy atom. The molecule has 1 aliphatic heterocycles. The molecule has 1 atom stereocenters. The SMILES string of the molecule is COC(=O)C1C=CCOC1. The Morgan fingerprint density at radius 1 is 1.80 bits per heavy atom. The van der Waals surface area contributed by atoms with Crippen LogP contribution in [0.5, 0.6) is 0 Å². The molecule has 0 aromatic heterocycles. The van der Waals surface area contributed by atoms with E-state index >= 15 is 0 Å². The summed E-state index contributed by atoms with van der Waals surface area (Å²) in [6.45, 7) is 1.05. The Hall–Kier alpha value is -0.830. The van der Waals surface area contributed by atoms with Gasteiger partial charge in [-0.15, -0.1) is 0 Å². The summed E-state index contributed by atoms with van der Waals surface area (Å²) in [5.41, 5.74) is 0. The van der Waals surface area contributed by atoms with Gasteiger partial charge < -0.3 is 9.47 Å². The van der Waals surface area contributed by atoms with Crippen LogP contribution in [0.15, 0.2) is 12.2 Å². The van der Waals surface area contributed by atoms with Gasteiger partial charge in [-0.25, -0.2) is 0 Å². The summed E-state index contributed by atoms with van der Waals surface area (Å²) in [5.74, 6) is -0.422. The van der Waals surface area contributed by atoms with E-state index in [-0.39, 0.29) is 11.9 Å². The quantitative estimate of drug-likeness (QED) is 0.391. The van der Waals surface area contributed by atoms with Crippen molar-refractivity contribution in [1.82, 2.24) is 0 Å². The van der Waals surface area contributed by atoms with Crippen molar-refractivity contribution in [2.24, 2.45) is 5.92 Å². The second-order valence-corrected chi connectivity index (χ2v) is 2.10. The molecule has 0 saturated heterocycles. The number of methoxy groups -OCH3 is 1. The second-order valence-electron chi connectivity index (χ2n) is 2.10. The topological polar surface area (TPSA) is 35.5 Å². The summed E-state index contributed by atoms with van der Waals surface area (Å²) >= 11 is 0. The molecule has 0 aromatic carbocycles. The molecule has 0 amide bonds. The molecule has 0 fully saturated rings. The average Bonchev–Trinajstić information content (AvgIpc) is 2.05. The van der Waals surface area contributed by atoms with E-state index in [0.717, 1.165) is 0 Å². The molecule has 0 bridgehead atoms. The minimum atomic E-state index is -0.226. The number of carbonyl (C=O) groups is 1. The molecule has 3 nitrogen and oxygen atoms in total. The minimum absolute atomic E-state index is 0.196. The van der Waals surface area contributed by atoms with Gasteiger partial charge >= 0.3 is 5.97 Å². The smallest absolute Gasteiger partial charge is 0.314 e. The lowest BCUT2D eigenvalue weighted by molar-refractivity contribution is -0.145. The molecule has 0 spiro atoms. The monoisotopic (exact) mass is 142 g/mol. The van der Waals surface area contributed by atoms with Crippen LogP contribution in [0.2, 0.25) is 0 Å². The molecule has 0 aliphatic carbocycles. The minimum Gasteiger partial charge on any atom is -0.468 e. The lowest BCUT2D eigenvalue weighted by Crippen LogP contribution is -2.22. The molecule has 3 heteroatoms. The molecule has 0 radical (unpaired) electrons. The van der Waals surface area contributed by atoms with Crippen LogP contribution in [-0.2, 0) is 14.3 Å². The molecule has 0 aromatic rings. The van der Waals surface area contributed by atoms with Crippen molar-refractivity contribution in [3.05, 3.63) is 12.2 Å². The third-order valence-corrected chi connectivity index (χ3v) is 1.38. The largest absolute Gasteiger partial charge is 0.468 e. The maximum atomic E-state index is 10.8. The van der Waals surface area contributed by atoms with Crippen LogP contribution in [0.3, 0.4) is 0 Å². The summed E-state index contributed by atoms with van der Waals surface area (Å²) in [6, 6.07) is 0. The first-order valence-electron chi connectivity index (χ1n) is 3.17. The van der Waals surface area contributed by atoms with Crippen molar-refractivity contribution in [3.8, 4) is 0 Å². The highest BCUT2D eigenvalue weighted by Crippen LogP contribution is 2.06. The fourth-order valence-electron chi connectivity index (χ4n) is 0.836. The highest BCUT2D eigenvalue weighted by molar-refractivity contribution is 5.74. The van der Waals surface area contributed by atoms with Crippen LogP contribution < -0.4 is 0 Å². The molecule has 1 aliphatic rings. The van der Waals surface area contributed by atoms with Crippen molar-refractivity contribution in [2.75, 3.05) is 20.3 Å². The fraction of sp³-hybridized carbons (Fsp3) is 0.571. The normalized spacial score (nSPS) is 24.3. The van der Waals surface area contributed by atoms with E-state index in [1.54, 1.807) is 0 Å².